The molecule has 2 aromatic heterocycles. The Kier molecular flexibility index (Phi) is 7.14. The van der Waals surface area contributed by atoms with Gasteiger partial charge in [0.25, 0.3) is 5.95 Å². The molecule has 8 rings (SSSR count). The molecule has 3 aromatic rings. The maximum absolute atomic E-state index is 14.9. The highest BCUT2D eigenvalue weighted by molar-refractivity contribution is 5.71. The predicted octanol–water partition coefficient (Wildman–Crippen LogP) is 6.92. The van der Waals surface area contributed by atoms with Crippen molar-refractivity contribution in [2.45, 2.75) is 76.2 Å². The Morgan fingerprint density at radius 1 is 1.11 bits per heavy atom. The van der Waals surface area contributed by atoms with Crippen LogP contribution >= 0.6 is 0 Å². The number of carboxylic acids is 1. The largest absolute Gasteiger partial charge is 0.586 e. The molecular weight excluding hydrogens is 631 g/mol. The average molecular weight is 658 g/mol. The van der Waals surface area contributed by atoms with Crippen molar-refractivity contribution in [3.8, 4) is 22.9 Å². The maximum Gasteiger partial charge on any atom is 0.586 e. The molecule has 246 valence electrons. The molecule has 3 saturated carbocycles. The first-order valence-corrected chi connectivity index (χ1v) is 14.7. The molecule has 1 aromatic carbocycles. The third kappa shape index (κ3) is 5.29. The summed E-state index contributed by atoms with van der Waals surface area (Å²) in [7, 11) is 0. The first kappa shape index (κ1) is 30.6. The first-order chi connectivity index (χ1) is 21.7. The van der Waals surface area contributed by atoms with E-state index in [4.69, 9.17) is 9.47 Å². The van der Waals surface area contributed by atoms with Crippen LogP contribution in [-0.4, -0.2) is 38.2 Å². The number of rotatable bonds is 7. The van der Waals surface area contributed by atoms with Gasteiger partial charge in [0.2, 0.25) is 0 Å². The van der Waals surface area contributed by atoms with Gasteiger partial charge in [-0.05, 0) is 63.4 Å². The summed E-state index contributed by atoms with van der Waals surface area (Å²) in [6.07, 6.45) is -8.15. The number of aromatic nitrogens is 3. The van der Waals surface area contributed by atoms with E-state index in [0.717, 1.165) is 23.0 Å². The van der Waals surface area contributed by atoms with Gasteiger partial charge in [-0.15, -0.1) is 8.78 Å². The Morgan fingerprint density at radius 3 is 2.52 bits per heavy atom. The van der Waals surface area contributed by atoms with Crippen molar-refractivity contribution in [2.24, 2.45) is 17.8 Å². The number of carboxylic acid groups (broad SMARTS) is 1. The Hall–Kier alpha value is -4.08. The van der Waals surface area contributed by atoms with E-state index in [-0.39, 0.29) is 47.2 Å². The second kappa shape index (κ2) is 10.7. The lowest BCUT2D eigenvalue weighted by atomic mass is 9.58. The fraction of sp³-hybridized carbons (Fsp3) is 0.500. The Balaban J connectivity index is 1.21. The van der Waals surface area contributed by atoms with Crippen LogP contribution in [0, 0.1) is 29.5 Å². The van der Waals surface area contributed by atoms with Gasteiger partial charge in [0.15, 0.2) is 22.9 Å². The van der Waals surface area contributed by atoms with Crippen LogP contribution in [0.1, 0.15) is 73.8 Å². The minimum atomic E-state index is -4.83. The molecule has 2 bridgehead atoms. The SMILES string of the molecule is C[C@H](Oc1cc(-n2nc(C(F)(F)F)c3c2[C@@H](O[C@H]2CC(C(=O)O)C4CC2C4)CCC3)cnc1F)c1cc2c(cc1F)OC(F)(F)O2. The molecule has 46 heavy (non-hydrogen) atoms. The van der Waals surface area contributed by atoms with Crippen molar-refractivity contribution in [3.63, 3.8) is 0 Å². The van der Waals surface area contributed by atoms with Crippen LogP contribution in [0.3, 0.4) is 0 Å². The number of benzene rings is 1. The molecule has 0 radical (unpaired) electrons. The summed E-state index contributed by atoms with van der Waals surface area (Å²) in [5, 5.41) is 13.5. The van der Waals surface area contributed by atoms with Crippen molar-refractivity contribution in [3.05, 3.63) is 58.7 Å². The minimum absolute atomic E-state index is 0.0510. The number of hydrogen-bond acceptors (Lipinski definition) is 7. The van der Waals surface area contributed by atoms with Crippen molar-refractivity contribution >= 4 is 5.97 Å². The Morgan fingerprint density at radius 2 is 1.83 bits per heavy atom. The lowest BCUT2D eigenvalue weighted by Gasteiger charge is -2.50. The lowest BCUT2D eigenvalue weighted by Crippen LogP contribution is -2.49. The predicted molar refractivity (Wildman–Crippen MR) is 140 cm³/mol. The summed E-state index contributed by atoms with van der Waals surface area (Å²) in [5.74, 6) is -5.14. The number of pyridine rings is 1. The normalized spacial score (nSPS) is 26.7. The molecule has 16 heteroatoms. The molecule has 3 fully saturated rings. The third-order valence-corrected chi connectivity index (χ3v) is 9.24. The number of aliphatic carboxylic acids is 1. The molecule has 9 nitrogen and oxygen atoms in total. The van der Waals surface area contributed by atoms with E-state index in [1.165, 1.54) is 6.92 Å². The molecule has 4 aliphatic carbocycles. The third-order valence-electron chi connectivity index (χ3n) is 9.24. The van der Waals surface area contributed by atoms with Crippen LogP contribution in [0.25, 0.3) is 5.69 Å². The fourth-order valence-corrected chi connectivity index (χ4v) is 7.02. The number of fused-ring (bicyclic) bond motifs is 4. The van der Waals surface area contributed by atoms with Gasteiger partial charge in [0.05, 0.1) is 29.6 Å². The molecule has 0 spiro atoms. The van der Waals surface area contributed by atoms with Gasteiger partial charge in [0, 0.05) is 23.3 Å². The molecular formula is C30H26F7N3O6. The lowest BCUT2D eigenvalue weighted by molar-refractivity contribution is -0.286. The van der Waals surface area contributed by atoms with Crippen molar-refractivity contribution in [1.29, 1.82) is 0 Å². The van der Waals surface area contributed by atoms with Gasteiger partial charge >= 0.3 is 18.4 Å². The standard InChI is InChI=1S/C30H26F7N3O6/c1-12(17-8-22-23(10-19(17)31)46-30(36,37)45-22)43-24-7-15(11-38-27(24)32)40-25-16(26(39-40)29(33,34)35)3-2-4-20(25)44-21-9-18(28(41)42)13-5-14(21)6-13/h7-8,10-14,18,20-21H,2-6,9H2,1H3,(H,41,42)/t12-,13?,14?,18?,20-,21-/m0/s1. The van der Waals surface area contributed by atoms with E-state index < -0.39 is 77.4 Å². The van der Waals surface area contributed by atoms with Crippen LogP contribution in [0.5, 0.6) is 17.2 Å². The Bertz CT molecular complexity index is 1710. The molecule has 1 N–H and O–H groups in total. The minimum Gasteiger partial charge on any atom is -0.481 e. The summed E-state index contributed by atoms with van der Waals surface area (Å²) in [6.45, 7) is 1.30. The van der Waals surface area contributed by atoms with Crippen LogP contribution < -0.4 is 14.2 Å². The number of hydrogen-bond donors (Lipinski definition) is 1. The number of carbonyl (C=O) groups is 1. The first-order valence-electron chi connectivity index (χ1n) is 14.7. The van der Waals surface area contributed by atoms with E-state index in [2.05, 4.69) is 19.6 Å². The van der Waals surface area contributed by atoms with Crippen LogP contribution in [0.4, 0.5) is 30.7 Å². The van der Waals surface area contributed by atoms with Gasteiger partial charge in [-0.1, -0.05) is 0 Å². The summed E-state index contributed by atoms with van der Waals surface area (Å²) >= 11 is 0. The molecule has 0 saturated heterocycles. The molecule has 5 aliphatic rings. The van der Waals surface area contributed by atoms with Crippen LogP contribution in [0.15, 0.2) is 24.4 Å². The second-order valence-electron chi connectivity index (χ2n) is 12.1. The van der Waals surface area contributed by atoms with E-state index in [9.17, 15) is 40.6 Å². The van der Waals surface area contributed by atoms with E-state index >= 15 is 0 Å². The molecule has 1 aliphatic heterocycles. The molecule has 4 atom stereocenters. The second-order valence-corrected chi connectivity index (χ2v) is 12.1. The van der Waals surface area contributed by atoms with Crippen LogP contribution in [-0.2, 0) is 22.1 Å². The van der Waals surface area contributed by atoms with Gasteiger partial charge in [-0.25, -0.2) is 14.1 Å². The molecule has 0 amide bonds. The maximum atomic E-state index is 14.9. The topological polar surface area (TPSA) is 105 Å². The van der Waals surface area contributed by atoms with Crippen LogP contribution in [0.2, 0.25) is 0 Å². The smallest absolute Gasteiger partial charge is 0.481 e. The summed E-state index contributed by atoms with van der Waals surface area (Å²) in [5.41, 5.74) is -1.51. The van der Waals surface area contributed by atoms with Crippen molar-refractivity contribution in [2.75, 3.05) is 0 Å². The van der Waals surface area contributed by atoms with E-state index in [0.29, 0.717) is 31.7 Å². The number of halogens is 7. The summed E-state index contributed by atoms with van der Waals surface area (Å²) < 4.78 is 121. The highest BCUT2D eigenvalue weighted by atomic mass is 19.4. The van der Waals surface area contributed by atoms with Gasteiger partial charge < -0.3 is 24.1 Å². The quantitative estimate of drug-likeness (QED) is 0.216. The highest BCUT2D eigenvalue weighted by Gasteiger charge is 2.51. The van der Waals surface area contributed by atoms with Crippen molar-refractivity contribution < 1.29 is 59.6 Å². The summed E-state index contributed by atoms with van der Waals surface area (Å²) in [4.78, 5) is 15.4. The average Bonchev–Trinajstić information content (AvgIpc) is 3.50. The summed E-state index contributed by atoms with van der Waals surface area (Å²) in [6, 6.07) is 2.63. The fourth-order valence-electron chi connectivity index (χ4n) is 7.02. The molecule has 1 unspecified atom stereocenters. The highest BCUT2D eigenvalue weighted by Crippen LogP contribution is 2.52. The number of ether oxygens (including phenoxy) is 4. The van der Waals surface area contributed by atoms with Crippen molar-refractivity contribution in [1.82, 2.24) is 14.8 Å². The molecule has 3 heterocycles. The van der Waals surface area contributed by atoms with E-state index in [1.807, 2.05) is 0 Å². The monoisotopic (exact) mass is 657 g/mol. The zero-order valence-corrected chi connectivity index (χ0v) is 24.0. The van der Waals surface area contributed by atoms with Gasteiger partial charge in [-0.2, -0.15) is 22.7 Å². The number of nitrogens with zero attached hydrogens (tertiary/aromatic N) is 3. The zero-order chi connectivity index (χ0) is 32.7. The van der Waals surface area contributed by atoms with E-state index in [1.54, 1.807) is 0 Å². The number of alkyl halides is 5. The van der Waals surface area contributed by atoms with Gasteiger partial charge in [0.1, 0.15) is 18.0 Å². The zero-order valence-electron chi connectivity index (χ0n) is 24.0. The van der Waals surface area contributed by atoms with Gasteiger partial charge in [-0.3, -0.25) is 4.79 Å². The Labute approximate surface area is 256 Å².